The van der Waals surface area contributed by atoms with Gasteiger partial charge < -0.3 is 20.1 Å². The molecular formula is C6H8F2O5. The van der Waals surface area contributed by atoms with Crippen molar-refractivity contribution < 1.29 is 33.6 Å². The first-order valence-corrected chi connectivity index (χ1v) is 3.48. The average molecular weight is 198 g/mol. The highest BCUT2D eigenvalue weighted by Gasteiger charge is 2.47. The molecule has 0 aliphatic carbocycles. The molecule has 1 rings (SSSR count). The normalized spacial score (nSPS) is 46.1. The molecule has 0 aromatic carbocycles. The highest BCUT2D eigenvalue weighted by Crippen LogP contribution is 2.22. The number of ether oxygens (including phenoxy) is 1. The molecular weight excluding hydrogens is 190 g/mol. The summed E-state index contributed by atoms with van der Waals surface area (Å²) in [7, 11) is 0. The maximum atomic E-state index is 12.6. The second kappa shape index (κ2) is 3.62. The van der Waals surface area contributed by atoms with Gasteiger partial charge in [-0.05, 0) is 0 Å². The number of carbonyl (C=O) groups excluding carboxylic acids is 1. The van der Waals surface area contributed by atoms with Gasteiger partial charge >= 0.3 is 6.04 Å². The summed E-state index contributed by atoms with van der Waals surface area (Å²) in [6, 6.07) is -2.07. The molecule has 0 amide bonds. The third kappa shape index (κ3) is 1.83. The van der Waals surface area contributed by atoms with Crippen molar-refractivity contribution in [2.75, 3.05) is 0 Å². The molecule has 1 heterocycles. The number of hydrogen-bond donors (Lipinski definition) is 3. The Labute approximate surface area is 71.5 Å². The fraction of sp³-hybridized carbons (Fsp3) is 0.833. The first kappa shape index (κ1) is 10.5. The fourth-order valence-corrected chi connectivity index (χ4v) is 1.03. The Morgan fingerprint density at radius 3 is 2.23 bits per heavy atom. The molecule has 0 aromatic heterocycles. The minimum absolute atomic E-state index is 2.00. The van der Waals surface area contributed by atoms with E-state index in [-0.39, 0.29) is 0 Å². The number of aliphatic hydroxyl groups is 3. The number of rotatable bonds is 1. The van der Waals surface area contributed by atoms with Crippen molar-refractivity contribution in [1.82, 2.24) is 0 Å². The zero-order valence-corrected chi connectivity index (χ0v) is 6.30. The SMILES string of the molecule is O=C(F)[C@@H]1O[C@@H](O)[C@H](F)[C@@H](O)[C@@H]1O. The van der Waals surface area contributed by atoms with E-state index in [1.54, 1.807) is 0 Å². The van der Waals surface area contributed by atoms with Crippen LogP contribution in [-0.4, -0.2) is 52.1 Å². The summed E-state index contributed by atoms with van der Waals surface area (Å²) in [5.74, 6) is 0. The summed E-state index contributed by atoms with van der Waals surface area (Å²) < 4.78 is 28.8. The van der Waals surface area contributed by atoms with Crippen LogP contribution in [0.5, 0.6) is 0 Å². The molecule has 0 bridgehead atoms. The lowest BCUT2D eigenvalue weighted by Gasteiger charge is -2.34. The van der Waals surface area contributed by atoms with E-state index < -0.39 is 36.8 Å². The van der Waals surface area contributed by atoms with E-state index >= 15 is 0 Å². The highest BCUT2D eigenvalue weighted by molar-refractivity contribution is 5.74. The van der Waals surface area contributed by atoms with Crippen LogP contribution < -0.4 is 0 Å². The molecule has 5 nitrogen and oxygen atoms in total. The van der Waals surface area contributed by atoms with Crippen molar-refractivity contribution in [3.05, 3.63) is 0 Å². The van der Waals surface area contributed by atoms with Crippen LogP contribution in [0.15, 0.2) is 0 Å². The van der Waals surface area contributed by atoms with Gasteiger partial charge in [-0.15, -0.1) is 0 Å². The number of carbonyl (C=O) groups is 1. The van der Waals surface area contributed by atoms with Crippen molar-refractivity contribution in [2.45, 2.75) is 30.8 Å². The summed E-state index contributed by atoms with van der Waals surface area (Å²) in [6.07, 6.45) is -10.4. The zero-order valence-electron chi connectivity index (χ0n) is 6.30. The van der Waals surface area contributed by atoms with E-state index in [4.69, 9.17) is 15.3 Å². The van der Waals surface area contributed by atoms with Crippen LogP contribution in [0.1, 0.15) is 0 Å². The molecule has 0 spiro atoms. The average Bonchev–Trinajstić information content (AvgIpc) is 2.07. The Hall–Kier alpha value is -0.630. The molecule has 0 saturated carbocycles. The number of aliphatic hydroxyl groups excluding tert-OH is 3. The Balaban J connectivity index is 2.76. The first-order valence-electron chi connectivity index (χ1n) is 3.48. The van der Waals surface area contributed by atoms with Gasteiger partial charge in [-0.3, -0.25) is 4.79 Å². The molecule has 7 heteroatoms. The fourth-order valence-electron chi connectivity index (χ4n) is 1.03. The summed E-state index contributed by atoms with van der Waals surface area (Å²) in [5.41, 5.74) is 0. The number of hydrogen-bond acceptors (Lipinski definition) is 5. The standard InChI is InChI=1S/C6H8F2O5/c7-1-2(9)3(10)4(5(8)11)13-6(1)12/h1-4,6,9-10,12H/t1-,2-,3+,4-,6-/m1/s1. The lowest BCUT2D eigenvalue weighted by atomic mass is 10.0. The predicted molar refractivity (Wildman–Crippen MR) is 33.9 cm³/mol. The van der Waals surface area contributed by atoms with Gasteiger partial charge in [-0.1, -0.05) is 0 Å². The molecule has 1 aliphatic heterocycles. The van der Waals surface area contributed by atoms with Crippen LogP contribution in [0.3, 0.4) is 0 Å². The molecule has 5 atom stereocenters. The van der Waals surface area contributed by atoms with E-state index in [1.165, 1.54) is 0 Å². The lowest BCUT2D eigenvalue weighted by Crippen LogP contribution is -2.57. The molecule has 0 aromatic rings. The van der Waals surface area contributed by atoms with Gasteiger partial charge in [-0.25, -0.2) is 4.39 Å². The van der Waals surface area contributed by atoms with Crippen LogP contribution in [0.2, 0.25) is 0 Å². The van der Waals surface area contributed by atoms with Gasteiger partial charge in [0, 0.05) is 0 Å². The third-order valence-corrected chi connectivity index (χ3v) is 1.77. The maximum absolute atomic E-state index is 12.6. The molecule has 0 radical (unpaired) electrons. The van der Waals surface area contributed by atoms with E-state index in [0.29, 0.717) is 0 Å². The smallest absolute Gasteiger partial charge is 0.332 e. The zero-order chi connectivity index (χ0) is 10.2. The summed E-state index contributed by atoms with van der Waals surface area (Å²) >= 11 is 0. The van der Waals surface area contributed by atoms with E-state index in [1.807, 2.05) is 0 Å². The van der Waals surface area contributed by atoms with Crippen LogP contribution in [-0.2, 0) is 9.53 Å². The molecule has 1 aliphatic rings. The van der Waals surface area contributed by atoms with Crippen molar-refractivity contribution in [3.63, 3.8) is 0 Å². The van der Waals surface area contributed by atoms with Gasteiger partial charge in [0.05, 0.1) is 0 Å². The topological polar surface area (TPSA) is 87.0 Å². The minimum Gasteiger partial charge on any atom is -0.387 e. The van der Waals surface area contributed by atoms with Crippen LogP contribution in [0.4, 0.5) is 8.78 Å². The van der Waals surface area contributed by atoms with Gasteiger partial charge in [-0.2, -0.15) is 4.39 Å². The van der Waals surface area contributed by atoms with Gasteiger partial charge in [0.15, 0.2) is 18.6 Å². The second-order valence-corrected chi connectivity index (χ2v) is 2.68. The van der Waals surface area contributed by atoms with Crippen molar-refractivity contribution in [1.29, 1.82) is 0 Å². The highest BCUT2D eigenvalue weighted by atomic mass is 19.1. The molecule has 13 heavy (non-hydrogen) atoms. The molecule has 3 N–H and O–H groups in total. The van der Waals surface area contributed by atoms with Crippen molar-refractivity contribution >= 4 is 6.04 Å². The van der Waals surface area contributed by atoms with E-state index in [0.717, 1.165) is 0 Å². The van der Waals surface area contributed by atoms with Crippen molar-refractivity contribution in [3.8, 4) is 0 Å². The first-order chi connectivity index (χ1) is 5.95. The lowest BCUT2D eigenvalue weighted by molar-refractivity contribution is -0.262. The van der Waals surface area contributed by atoms with Crippen LogP contribution >= 0.6 is 0 Å². The monoisotopic (exact) mass is 198 g/mol. The third-order valence-electron chi connectivity index (χ3n) is 1.77. The second-order valence-electron chi connectivity index (χ2n) is 2.68. The van der Waals surface area contributed by atoms with Crippen LogP contribution in [0.25, 0.3) is 0 Å². The number of alkyl halides is 1. The molecule has 0 unspecified atom stereocenters. The Morgan fingerprint density at radius 1 is 1.23 bits per heavy atom. The quantitative estimate of drug-likeness (QED) is 0.435. The minimum atomic E-state index is -2.26. The molecule has 1 saturated heterocycles. The Kier molecular flexibility index (Phi) is 2.91. The Morgan fingerprint density at radius 2 is 1.77 bits per heavy atom. The van der Waals surface area contributed by atoms with E-state index in [9.17, 15) is 13.6 Å². The largest absolute Gasteiger partial charge is 0.387 e. The van der Waals surface area contributed by atoms with Gasteiger partial charge in [0.1, 0.15) is 12.2 Å². The van der Waals surface area contributed by atoms with E-state index in [2.05, 4.69) is 4.74 Å². The maximum Gasteiger partial charge on any atom is 0.332 e. The predicted octanol–water partition coefficient (Wildman–Crippen LogP) is -1.74. The van der Waals surface area contributed by atoms with Crippen molar-refractivity contribution in [2.24, 2.45) is 0 Å². The van der Waals surface area contributed by atoms with Gasteiger partial charge in [0.25, 0.3) is 0 Å². The van der Waals surface area contributed by atoms with Crippen LogP contribution in [0, 0.1) is 0 Å². The Bertz CT molecular complexity index is 211. The summed E-state index contributed by atoms with van der Waals surface area (Å²) in [4.78, 5) is 10.1. The summed E-state index contributed by atoms with van der Waals surface area (Å²) in [6.45, 7) is 0. The number of halogens is 2. The summed E-state index contributed by atoms with van der Waals surface area (Å²) in [5, 5.41) is 26.5. The molecule has 76 valence electrons. The molecule has 1 fully saturated rings. The van der Waals surface area contributed by atoms with Gasteiger partial charge in [0.2, 0.25) is 0 Å².